The third-order valence-electron chi connectivity index (χ3n) is 3.38. The van der Waals surface area contributed by atoms with Gasteiger partial charge in [-0.2, -0.15) is 5.26 Å². The van der Waals surface area contributed by atoms with Crippen molar-refractivity contribution in [3.05, 3.63) is 52.8 Å². The first-order valence-corrected chi connectivity index (χ1v) is 6.16. The highest BCUT2D eigenvalue weighted by Gasteiger charge is 2.08. The summed E-state index contributed by atoms with van der Waals surface area (Å²) in [5, 5.41) is 21.9. The summed E-state index contributed by atoms with van der Waals surface area (Å²) >= 11 is 0. The van der Waals surface area contributed by atoms with Crippen LogP contribution in [0.25, 0.3) is 0 Å². The second-order valence-electron chi connectivity index (χ2n) is 4.54. The van der Waals surface area contributed by atoms with Crippen LogP contribution in [0.3, 0.4) is 0 Å². The van der Waals surface area contributed by atoms with Gasteiger partial charge in [-0.1, -0.05) is 18.2 Å². The normalized spacial score (nSPS) is 10.4. The molecule has 0 fully saturated rings. The summed E-state index contributed by atoms with van der Waals surface area (Å²) in [7, 11) is 1.89. The molecule has 0 unspecified atom stereocenters. The molecule has 2 N–H and O–H groups in total. The van der Waals surface area contributed by atoms with Crippen molar-refractivity contribution in [2.24, 2.45) is 7.05 Å². The number of nitrogens with zero attached hydrogens (tertiary/aromatic N) is 2. The first kappa shape index (κ1) is 13.2. The number of nitriles is 1. The number of nitrogens with one attached hydrogen (secondary N) is 1. The van der Waals surface area contributed by atoms with Crippen LogP contribution < -0.4 is 5.32 Å². The average molecular weight is 255 g/mol. The predicted octanol–water partition coefficient (Wildman–Crippen LogP) is 2.20. The number of phenols is 1. The van der Waals surface area contributed by atoms with Crippen LogP contribution in [0.5, 0.6) is 5.75 Å². The molecule has 0 aliphatic heterocycles. The number of rotatable bonds is 4. The summed E-state index contributed by atoms with van der Waals surface area (Å²) in [5.74, 6) is 0.303. The summed E-state index contributed by atoms with van der Waals surface area (Å²) in [5.41, 5.74) is 3.73. The van der Waals surface area contributed by atoms with Gasteiger partial charge in [0.2, 0.25) is 0 Å². The van der Waals surface area contributed by atoms with Crippen LogP contribution in [0, 0.1) is 18.3 Å². The Morgan fingerprint density at radius 2 is 1.95 bits per heavy atom. The van der Waals surface area contributed by atoms with E-state index in [-0.39, 0.29) is 0 Å². The fourth-order valence-corrected chi connectivity index (χ4v) is 2.04. The van der Waals surface area contributed by atoms with Crippen LogP contribution in [0.1, 0.15) is 22.5 Å². The maximum atomic E-state index is 9.66. The van der Waals surface area contributed by atoms with Crippen molar-refractivity contribution in [1.29, 1.82) is 5.26 Å². The van der Waals surface area contributed by atoms with Crippen LogP contribution in [-0.4, -0.2) is 9.67 Å². The Balaban J connectivity index is 2.01. The Labute approximate surface area is 112 Å². The molecule has 0 spiro atoms. The molecule has 4 heteroatoms. The van der Waals surface area contributed by atoms with E-state index in [1.54, 1.807) is 12.1 Å². The van der Waals surface area contributed by atoms with E-state index in [9.17, 15) is 5.11 Å². The highest BCUT2D eigenvalue weighted by atomic mass is 16.3. The van der Waals surface area contributed by atoms with Crippen molar-refractivity contribution in [3.63, 3.8) is 0 Å². The monoisotopic (exact) mass is 255 g/mol. The summed E-state index contributed by atoms with van der Waals surface area (Å²) in [6.45, 7) is 3.27. The fraction of sp³-hybridized carbons (Fsp3) is 0.267. The molecule has 1 aromatic carbocycles. The molecular weight excluding hydrogens is 238 g/mol. The molecule has 0 atom stereocenters. The van der Waals surface area contributed by atoms with Crippen molar-refractivity contribution >= 4 is 0 Å². The average Bonchev–Trinajstić information content (AvgIpc) is 2.69. The van der Waals surface area contributed by atoms with Crippen LogP contribution in [0.2, 0.25) is 0 Å². The first-order chi connectivity index (χ1) is 9.13. The lowest BCUT2D eigenvalue weighted by atomic mass is 10.2. The summed E-state index contributed by atoms with van der Waals surface area (Å²) < 4.78 is 1.89. The van der Waals surface area contributed by atoms with Crippen LogP contribution in [0.15, 0.2) is 30.3 Å². The SMILES string of the molecule is Cc1c(CNCc2ccccc2O)cc(C#N)n1C. The van der Waals surface area contributed by atoms with Crippen molar-refractivity contribution in [2.75, 3.05) is 0 Å². The highest BCUT2D eigenvalue weighted by molar-refractivity contribution is 5.34. The number of aromatic hydroxyl groups is 1. The number of hydrogen-bond acceptors (Lipinski definition) is 3. The second kappa shape index (κ2) is 5.59. The molecule has 0 radical (unpaired) electrons. The van der Waals surface area contributed by atoms with Crippen molar-refractivity contribution in [1.82, 2.24) is 9.88 Å². The molecule has 0 bridgehead atoms. The molecule has 1 aromatic heterocycles. The third kappa shape index (κ3) is 2.78. The van der Waals surface area contributed by atoms with Crippen molar-refractivity contribution in [3.8, 4) is 11.8 Å². The number of aromatic nitrogens is 1. The molecule has 0 aliphatic carbocycles. The molecule has 0 aliphatic rings. The fourth-order valence-electron chi connectivity index (χ4n) is 2.04. The third-order valence-corrected chi connectivity index (χ3v) is 3.38. The molecule has 0 amide bonds. The van der Waals surface area contributed by atoms with E-state index in [4.69, 9.17) is 5.26 Å². The Hall–Kier alpha value is -2.25. The van der Waals surface area contributed by atoms with Gasteiger partial charge >= 0.3 is 0 Å². The maximum absolute atomic E-state index is 9.66. The first-order valence-electron chi connectivity index (χ1n) is 6.16. The molecule has 19 heavy (non-hydrogen) atoms. The Morgan fingerprint density at radius 1 is 1.26 bits per heavy atom. The van der Waals surface area contributed by atoms with Gasteiger partial charge in [0.1, 0.15) is 17.5 Å². The molecule has 0 saturated carbocycles. The van der Waals surface area contributed by atoms with Crippen molar-refractivity contribution in [2.45, 2.75) is 20.0 Å². The lowest BCUT2D eigenvalue weighted by Crippen LogP contribution is -2.13. The molecule has 0 saturated heterocycles. The van der Waals surface area contributed by atoms with E-state index in [0.717, 1.165) is 16.8 Å². The van der Waals surface area contributed by atoms with Gasteiger partial charge < -0.3 is 15.0 Å². The largest absolute Gasteiger partial charge is 0.508 e. The van der Waals surface area contributed by atoms with Crippen LogP contribution in [0.4, 0.5) is 0 Å². The zero-order valence-corrected chi connectivity index (χ0v) is 11.1. The van der Waals surface area contributed by atoms with Crippen molar-refractivity contribution < 1.29 is 5.11 Å². The van der Waals surface area contributed by atoms with E-state index in [0.29, 0.717) is 24.5 Å². The van der Waals surface area contributed by atoms with Gasteiger partial charge in [-0.15, -0.1) is 0 Å². The molecule has 2 rings (SSSR count). The van der Waals surface area contributed by atoms with E-state index in [1.807, 2.05) is 36.7 Å². The Kier molecular flexibility index (Phi) is 3.88. The van der Waals surface area contributed by atoms with Crippen LogP contribution >= 0.6 is 0 Å². The van der Waals surface area contributed by atoms with E-state index in [1.165, 1.54) is 0 Å². The quantitative estimate of drug-likeness (QED) is 0.880. The minimum absolute atomic E-state index is 0.303. The molecule has 98 valence electrons. The molecule has 1 heterocycles. The summed E-state index contributed by atoms with van der Waals surface area (Å²) in [6, 6.07) is 11.3. The smallest absolute Gasteiger partial charge is 0.120 e. The lowest BCUT2D eigenvalue weighted by Gasteiger charge is -2.07. The maximum Gasteiger partial charge on any atom is 0.120 e. The number of benzene rings is 1. The minimum atomic E-state index is 0.303. The Bertz CT molecular complexity index is 623. The number of phenolic OH excluding ortho intramolecular Hbond substituents is 1. The highest BCUT2D eigenvalue weighted by Crippen LogP contribution is 2.16. The summed E-state index contributed by atoms with van der Waals surface area (Å²) in [4.78, 5) is 0. The van der Waals surface area contributed by atoms with Gasteiger partial charge in [0.25, 0.3) is 0 Å². The topological polar surface area (TPSA) is 61.0 Å². The van der Waals surface area contributed by atoms with Gasteiger partial charge in [-0.05, 0) is 24.6 Å². The number of hydrogen-bond donors (Lipinski definition) is 2. The van der Waals surface area contributed by atoms with Gasteiger partial charge in [-0.3, -0.25) is 0 Å². The van der Waals surface area contributed by atoms with Crippen LogP contribution in [-0.2, 0) is 20.1 Å². The number of para-hydroxylation sites is 1. The van der Waals surface area contributed by atoms with Gasteiger partial charge in [0.05, 0.1) is 0 Å². The second-order valence-corrected chi connectivity index (χ2v) is 4.54. The van der Waals surface area contributed by atoms with Gasteiger partial charge in [0.15, 0.2) is 0 Å². The van der Waals surface area contributed by atoms with Gasteiger partial charge in [-0.25, -0.2) is 0 Å². The predicted molar refractivity (Wildman–Crippen MR) is 73.5 cm³/mol. The lowest BCUT2D eigenvalue weighted by molar-refractivity contribution is 0.464. The Morgan fingerprint density at radius 3 is 2.58 bits per heavy atom. The minimum Gasteiger partial charge on any atom is -0.508 e. The zero-order chi connectivity index (χ0) is 13.8. The van der Waals surface area contributed by atoms with E-state index >= 15 is 0 Å². The van der Waals surface area contributed by atoms with E-state index < -0.39 is 0 Å². The molecule has 2 aromatic rings. The van der Waals surface area contributed by atoms with Gasteiger partial charge in [0, 0.05) is 31.4 Å². The standard InChI is InChI=1S/C15H17N3O/c1-11-13(7-14(8-16)18(11)2)10-17-9-12-5-3-4-6-15(12)19/h3-7,17,19H,9-10H2,1-2H3. The molecular formula is C15H17N3O. The van der Waals surface area contributed by atoms with E-state index in [2.05, 4.69) is 11.4 Å². The zero-order valence-electron chi connectivity index (χ0n) is 11.1. The molecule has 4 nitrogen and oxygen atoms in total. The summed E-state index contributed by atoms with van der Waals surface area (Å²) in [6.07, 6.45) is 0.